The lowest BCUT2D eigenvalue weighted by Crippen LogP contribution is -2.50. The van der Waals surface area contributed by atoms with Crippen LogP contribution in [0, 0.1) is 11.3 Å². The first-order chi connectivity index (χ1) is 7.97. The van der Waals surface area contributed by atoms with E-state index in [1.807, 2.05) is 6.20 Å². The molecule has 2 unspecified atom stereocenters. The molecule has 96 valence electrons. The highest BCUT2D eigenvalue weighted by Crippen LogP contribution is 2.48. The predicted octanol–water partition coefficient (Wildman–Crippen LogP) is 3.79. The second-order valence-electron chi connectivity index (χ2n) is 6.30. The molecule has 1 aromatic heterocycles. The van der Waals surface area contributed by atoms with Crippen LogP contribution >= 0.6 is 11.3 Å². The minimum absolute atomic E-state index is 0.115. The van der Waals surface area contributed by atoms with Gasteiger partial charge in [-0.05, 0) is 37.1 Å². The molecule has 17 heavy (non-hydrogen) atoms. The molecule has 0 aromatic carbocycles. The largest absolute Gasteiger partial charge is 0.306 e. The van der Waals surface area contributed by atoms with Crippen molar-refractivity contribution in [1.82, 2.24) is 10.3 Å². The first-order valence-corrected chi connectivity index (χ1v) is 7.50. The van der Waals surface area contributed by atoms with Gasteiger partial charge in [0, 0.05) is 11.6 Å². The lowest BCUT2D eigenvalue weighted by Gasteiger charge is -2.47. The van der Waals surface area contributed by atoms with Gasteiger partial charge in [-0.2, -0.15) is 0 Å². The molecule has 1 aliphatic rings. The number of nitrogens with one attached hydrogen (secondary N) is 1. The summed E-state index contributed by atoms with van der Waals surface area (Å²) in [5.74, 6) is 0.765. The highest BCUT2D eigenvalue weighted by molar-refractivity contribution is 7.09. The van der Waals surface area contributed by atoms with Gasteiger partial charge >= 0.3 is 0 Å². The Morgan fingerprint density at radius 1 is 1.47 bits per heavy atom. The second kappa shape index (κ2) is 4.69. The van der Waals surface area contributed by atoms with E-state index in [1.165, 1.54) is 24.3 Å². The van der Waals surface area contributed by atoms with Crippen molar-refractivity contribution in [2.24, 2.45) is 11.3 Å². The minimum Gasteiger partial charge on any atom is -0.306 e. The van der Waals surface area contributed by atoms with E-state index in [0.717, 1.165) is 12.5 Å². The van der Waals surface area contributed by atoms with Gasteiger partial charge in [0.05, 0.1) is 5.54 Å². The molecule has 1 heterocycles. The molecule has 1 saturated carbocycles. The van der Waals surface area contributed by atoms with Crippen molar-refractivity contribution in [2.75, 3.05) is 6.54 Å². The van der Waals surface area contributed by atoms with Crippen LogP contribution < -0.4 is 5.32 Å². The van der Waals surface area contributed by atoms with Gasteiger partial charge in [-0.1, -0.05) is 27.7 Å². The summed E-state index contributed by atoms with van der Waals surface area (Å²) in [5.41, 5.74) is 0.523. The summed E-state index contributed by atoms with van der Waals surface area (Å²) in [5, 5.41) is 7.11. The Balaban J connectivity index is 2.33. The van der Waals surface area contributed by atoms with Gasteiger partial charge < -0.3 is 5.32 Å². The number of rotatable bonds is 3. The molecule has 0 bridgehead atoms. The molecule has 2 atom stereocenters. The number of thiazole rings is 1. The Bertz CT molecular complexity index is 358. The van der Waals surface area contributed by atoms with Crippen LogP contribution in [0.2, 0.25) is 0 Å². The quantitative estimate of drug-likeness (QED) is 0.885. The van der Waals surface area contributed by atoms with E-state index in [4.69, 9.17) is 0 Å². The molecule has 1 N–H and O–H groups in total. The fourth-order valence-electron chi connectivity index (χ4n) is 3.74. The Morgan fingerprint density at radius 3 is 2.76 bits per heavy atom. The van der Waals surface area contributed by atoms with Crippen molar-refractivity contribution in [3.63, 3.8) is 0 Å². The molecule has 0 aliphatic heterocycles. The zero-order valence-corrected chi connectivity index (χ0v) is 12.2. The molecule has 2 nitrogen and oxygen atoms in total. The molecule has 0 radical (unpaired) electrons. The average Bonchev–Trinajstić information content (AvgIpc) is 2.67. The van der Waals surface area contributed by atoms with E-state index in [2.05, 4.69) is 43.4 Å². The van der Waals surface area contributed by atoms with Gasteiger partial charge in [-0.3, -0.25) is 0 Å². The molecule has 1 aliphatic carbocycles. The van der Waals surface area contributed by atoms with Gasteiger partial charge in [0.25, 0.3) is 0 Å². The zero-order valence-electron chi connectivity index (χ0n) is 11.4. The fourth-order valence-corrected chi connectivity index (χ4v) is 4.57. The third-order valence-corrected chi connectivity index (χ3v) is 4.71. The summed E-state index contributed by atoms with van der Waals surface area (Å²) in [4.78, 5) is 4.59. The maximum Gasteiger partial charge on any atom is 0.113 e. The van der Waals surface area contributed by atoms with Crippen molar-refractivity contribution in [1.29, 1.82) is 0 Å². The van der Waals surface area contributed by atoms with Crippen LogP contribution in [-0.4, -0.2) is 11.5 Å². The highest BCUT2D eigenvalue weighted by Gasteiger charge is 2.44. The number of nitrogens with zero attached hydrogens (tertiary/aromatic N) is 1. The summed E-state index contributed by atoms with van der Waals surface area (Å²) in [6.07, 6.45) is 5.68. The van der Waals surface area contributed by atoms with E-state index < -0.39 is 0 Å². The van der Waals surface area contributed by atoms with Crippen LogP contribution in [0.1, 0.15) is 52.0 Å². The maximum absolute atomic E-state index is 4.59. The SMILES string of the molecule is CCNC1(c2nccs2)CC(C)CC(C)(C)C1. The van der Waals surface area contributed by atoms with E-state index in [9.17, 15) is 0 Å². The van der Waals surface area contributed by atoms with Crippen molar-refractivity contribution in [3.05, 3.63) is 16.6 Å². The summed E-state index contributed by atoms with van der Waals surface area (Å²) in [6.45, 7) is 10.4. The smallest absolute Gasteiger partial charge is 0.113 e. The minimum atomic E-state index is 0.115. The van der Waals surface area contributed by atoms with Gasteiger partial charge in [0.1, 0.15) is 5.01 Å². The van der Waals surface area contributed by atoms with Crippen LogP contribution in [0.25, 0.3) is 0 Å². The van der Waals surface area contributed by atoms with Gasteiger partial charge in [0.2, 0.25) is 0 Å². The van der Waals surface area contributed by atoms with Gasteiger partial charge in [0.15, 0.2) is 0 Å². The maximum atomic E-state index is 4.59. The standard InChI is InChI=1S/C14H24N2S/c1-5-16-14(12-15-6-7-17-12)9-11(2)8-13(3,4)10-14/h6-7,11,16H,5,8-10H2,1-4H3. The lowest BCUT2D eigenvalue weighted by atomic mass is 9.64. The topological polar surface area (TPSA) is 24.9 Å². The third kappa shape index (κ3) is 2.71. The summed E-state index contributed by atoms with van der Waals surface area (Å²) < 4.78 is 0. The normalized spacial score (nSPS) is 32.6. The summed E-state index contributed by atoms with van der Waals surface area (Å²) in [6, 6.07) is 0. The van der Waals surface area contributed by atoms with Crippen molar-refractivity contribution in [3.8, 4) is 0 Å². The predicted molar refractivity (Wildman–Crippen MR) is 74.3 cm³/mol. The first-order valence-electron chi connectivity index (χ1n) is 6.62. The zero-order chi connectivity index (χ0) is 12.5. The molecule has 0 saturated heterocycles. The van der Waals surface area contributed by atoms with Crippen molar-refractivity contribution < 1.29 is 0 Å². The molecule has 2 rings (SSSR count). The molecule has 1 aromatic rings. The van der Waals surface area contributed by atoms with Crippen LogP contribution in [-0.2, 0) is 5.54 Å². The van der Waals surface area contributed by atoms with E-state index in [1.54, 1.807) is 11.3 Å². The fraction of sp³-hybridized carbons (Fsp3) is 0.786. The second-order valence-corrected chi connectivity index (χ2v) is 7.20. The Hall–Kier alpha value is -0.410. The lowest BCUT2D eigenvalue weighted by molar-refractivity contribution is 0.0807. The summed E-state index contributed by atoms with van der Waals surface area (Å²) in [7, 11) is 0. The van der Waals surface area contributed by atoms with Crippen molar-refractivity contribution >= 4 is 11.3 Å². The highest BCUT2D eigenvalue weighted by atomic mass is 32.1. The Labute approximate surface area is 109 Å². The van der Waals surface area contributed by atoms with Crippen LogP contribution in [0.5, 0.6) is 0 Å². The molecule has 0 spiro atoms. The summed E-state index contributed by atoms with van der Waals surface area (Å²) >= 11 is 1.80. The molecule has 3 heteroatoms. The van der Waals surface area contributed by atoms with Crippen LogP contribution in [0.15, 0.2) is 11.6 Å². The Kier molecular flexibility index (Phi) is 3.60. The first kappa shape index (κ1) is 13.0. The molecule has 1 fully saturated rings. The molecular formula is C14H24N2S. The number of aromatic nitrogens is 1. The van der Waals surface area contributed by atoms with Gasteiger partial charge in [-0.15, -0.1) is 11.3 Å². The third-order valence-electron chi connectivity index (χ3n) is 3.74. The number of hydrogen-bond acceptors (Lipinski definition) is 3. The van der Waals surface area contributed by atoms with E-state index in [-0.39, 0.29) is 5.54 Å². The van der Waals surface area contributed by atoms with Crippen LogP contribution in [0.3, 0.4) is 0 Å². The van der Waals surface area contributed by atoms with Crippen molar-refractivity contribution in [2.45, 2.75) is 52.5 Å². The van der Waals surface area contributed by atoms with Gasteiger partial charge in [-0.25, -0.2) is 4.98 Å². The Morgan fingerprint density at radius 2 is 2.24 bits per heavy atom. The average molecular weight is 252 g/mol. The number of hydrogen-bond donors (Lipinski definition) is 1. The molecule has 0 amide bonds. The molecular weight excluding hydrogens is 228 g/mol. The van der Waals surface area contributed by atoms with E-state index >= 15 is 0 Å². The monoisotopic (exact) mass is 252 g/mol. The van der Waals surface area contributed by atoms with E-state index in [0.29, 0.717) is 5.41 Å². The van der Waals surface area contributed by atoms with Crippen LogP contribution in [0.4, 0.5) is 0 Å².